The van der Waals surface area contributed by atoms with E-state index in [-0.39, 0.29) is 35.9 Å². The molecule has 2 aromatic rings. The first-order valence-electron chi connectivity index (χ1n) is 9.55. The van der Waals surface area contributed by atoms with Crippen LogP contribution >= 0.6 is 24.0 Å². The van der Waals surface area contributed by atoms with Crippen LogP contribution in [0.3, 0.4) is 0 Å². The first-order valence-corrected chi connectivity index (χ1v) is 9.55. The number of carbonyl (C=O) groups excluding carboxylic acids is 1. The Balaban J connectivity index is 0.00000300. The summed E-state index contributed by atoms with van der Waals surface area (Å²) in [5.41, 5.74) is 1.11. The third kappa shape index (κ3) is 6.62. The number of halogens is 1. The van der Waals surface area contributed by atoms with Crippen molar-refractivity contribution < 1.29 is 14.3 Å². The van der Waals surface area contributed by atoms with Gasteiger partial charge in [-0.2, -0.15) is 0 Å². The van der Waals surface area contributed by atoms with Gasteiger partial charge in [-0.1, -0.05) is 30.3 Å². The normalized spacial score (nSPS) is 14.7. The van der Waals surface area contributed by atoms with Crippen LogP contribution in [0.25, 0.3) is 0 Å². The molecule has 0 saturated carbocycles. The summed E-state index contributed by atoms with van der Waals surface area (Å²) in [5.74, 6) is 2.35. The molecule has 0 aromatic heterocycles. The molecule has 2 aromatic carbocycles. The highest BCUT2D eigenvalue weighted by Crippen LogP contribution is 2.22. The van der Waals surface area contributed by atoms with Gasteiger partial charge in [-0.3, -0.25) is 9.79 Å². The molecule has 3 rings (SSSR count). The van der Waals surface area contributed by atoms with E-state index in [0.29, 0.717) is 6.54 Å². The van der Waals surface area contributed by atoms with E-state index < -0.39 is 0 Å². The summed E-state index contributed by atoms with van der Waals surface area (Å²) >= 11 is 0. The van der Waals surface area contributed by atoms with Crippen molar-refractivity contribution in [2.75, 3.05) is 27.2 Å². The van der Waals surface area contributed by atoms with Crippen LogP contribution in [0.2, 0.25) is 0 Å². The smallest absolute Gasteiger partial charge is 0.308 e. The summed E-state index contributed by atoms with van der Waals surface area (Å²) in [4.78, 5) is 18.3. The standard InChI is InChI=1S/C22H27N3O3.HI/c1-23-22(25-13-11-18(12-14-25)21(26)27-2)24-16-17-7-6-10-20(15-17)28-19-8-4-3-5-9-19;/h3-10,15,18H,11-14,16H2,1-2H3,(H,23,24);1H. The SMILES string of the molecule is CN=C(NCc1cccc(Oc2ccccc2)c1)N1CCC(C(=O)OC)CC1.I. The lowest BCUT2D eigenvalue weighted by atomic mass is 9.97. The number of hydrogen-bond donors (Lipinski definition) is 1. The number of hydrogen-bond acceptors (Lipinski definition) is 4. The molecule has 1 N–H and O–H groups in total. The van der Waals surface area contributed by atoms with Crippen LogP contribution in [0.4, 0.5) is 0 Å². The third-order valence-electron chi connectivity index (χ3n) is 4.87. The predicted molar refractivity (Wildman–Crippen MR) is 125 cm³/mol. The number of nitrogens with one attached hydrogen (secondary N) is 1. The molecule has 0 radical (unpaired) electrons. The number of rotatable bonds is 5. The van der Waals surface area contributed by atoms with Gasteiger partial charge < -0.3 is 19.7 Å². The number of guanidine groups is 1. The number of benzene rings is 2. The Bertz CT molecular complexity index is 806. The highest BCUT2D eigenvalue weighted by molar-refractivity contribution is 14.0. The number of para-hydroxylation sites is 1. The topological polar surface area (TPSA) is 63.2 Å². The van der Waals surface area contributed by atoms with Gasteiger partial charge in [0.05, 0.1) is 13.0 Å². The van der Waals surface area contributed by atoms with Gasteiger partial charge in [0.15, 0.2) is 5.96 Å². The molecule has 0 amide bonds. The molecule has 6 nitrogen and oxygen atoms in total. The van der Waals surface area contributed by atoms with Crippen LogP contribution < -0.4 is 10.1 Å². The molecule has 1 aliphatic rings. The Morgan fingerprint density at radius 1 is 1.10 bits per heavy atom. The summed E-state index contributed by atoms with van der Waals surface area (Å²) < 4.78 is 10.8. The van der Waals surface area contributed by atoms with Crippen LogP contribution in [-0.2, 0) is 16.1 Å². The van der Waals surface area contributed by atoms with Gasteiger partial charge in [-0.25, -0.2) is 0 Å². The van der Waals surface area contributed by atoms with Gasteiger partial charge >= 0.3 is 5.97 Å². The lowest BCUT2D eigenvalue weighted by Gasteiger charge is -2.33. The van der Waals surface area contributed by atoms with E-state index in [1.54, 1.807) is 7.05 Å². The summed E-state index contributed by atoms with van der Waals surface area (Å²) in [6.45, 7) is 2.22. The number of esters is 1. The minimum atomic E-state index is -0.113. The van der Waals surface area contributed by atoms with Crippen molar-refractivity contribution in [2.45, 2.75) is 19.4 Å². The molecule has 1 fully saturated rings. The summed E-state index contributed by atoms with van der Waals surface area (Å²) in [5, 5.41) is 3.41. The number of piperidine rings is 1. The molecule has 0 aliphatic carbocycles. The number of ether oxygens (including phenoxy) is 2. The lowest BCUT2D eigenvalue weighted by Crippen LogP contribution is -2.46. The molecule has 1 aliphatic heterocycles. The van der Waals surface area contributed by atoms with Crippen LogP contribution in [0.5, 0.6) is 11.5 Å². The second kappa shape index (κ2) is 11.6. The van der Waals surface area contributed by atoms with Crippen LogP contribution in [-0.4, -0.2) is 44.1 Å². The Hall–Kier alpha value is -2.29. The van der Waals surface area contributed by atoms with E-state index in [0.717, 1.165) is 49.0 Å². The largest absolute Gasteiger partial charge is 0.469 e. The molecule has 7 heteroatoms. The molecule has 29 heavy (non-hydrogen) atoms. The van der Waals surface area contributed by atoms with Crippen LogP contribution in [0, 0.1) is 5.92 Å². The Kier molecular flexibility index (Phi) is 9.24. The Morgan fingerprint density at radius 2 is 1.79 bits per heavy atom. The Labute approximate surface area is 189 Å². The van der Waals surface area contributed by atoms with Crippen molar-refractivity contribution >= 4 is 35.9 Å². The van der Waals surface area contributed by atoms with Gasteiger partial charge in [0.25, 0.3) is 0 Å². The molecule has 1 saturated heterocycles. The fourth-order valence-corrected chi connectivity index (χ4v) is 3.35. The van der Waals surface area contributed by atoms with E-state index >= 15 is 0 Å². The van der Waals surface area contributed by atoms with Gasteiger partial charge in [0.1, 0.15) is 11.5 Å². The Morgan fingerprint density at radius 3 is 2.45 bits per heavy atom. The average Bonchev–Trinajstić information content (AvgIpc) is 2.75. The van der Waals surface area contributed by atoms with E-state index in [2.05, 4.69) is 21.3 Å². The fraction of sp³-hybridized carbons (Fsp3) is 0.364. The van der Waals surface area contributed by atoms with Gasteiger partial charge in [0.2, 0.25) is 0 Å². The molecule has 156 valence electrons. The molecule has 0 atom stereocenters. The summed E-state index contributed by atoms with van der Waals surface area (Å²) in [6.07, 6.45) is 1.57. The number of aliphatic imine (C=N–C) groups is 1. The summed E-state index contributed by atoms with van der Waals surface area (Å²) in [7, 11) is 3.23. The fourth-order valence-electron chi connectivity index (χ4n) is 3.35. The molecule has 0 bridgehead atoms. The number of carbonyl (C=O) groups is 1. The van der Waals surface area contributed by atoms with Crippen LogP contribution in [0.1, 0.15) is 18.4 Å². The number of likely N-dealkylation sites (tertiary alicyclic amines) is 1. The first-order chi connectivity index (χ1) is 13.7. The molecule has 0 unspecified atom stereocenters. The predicted octanol–water partition coefficient (Wildman–Crippen LogP) is 4.06. The highest BCUT2D eigenvalue weighted by Gasteiger charge is 2.26. The van der Waals surface area contributed by atoms with Crippen molar-refractivity contribution in [2.24, 2.45) is 10.9 Å². The van der Waals surface area contributed by atoms with Gasteiger partial charge in [0, 0.05) is 26.7 Å². The minimum absolute atomic E-state index is 0. The van der Waals surface area contributed by atoms with Crippen molar-refractivity contribution in [3.8, 4) is 11.5 Å². The number of nitrogens with zero attached hydrogens (tertiary/aromatic N) is 2. The van der Waals surface area contributed by atoms with Crippen molar-refractivity contribution in [3.05, 3.63) is 60.2 Å². The van der Waals surface area contributed by atoms with Crippen molar-refractivity contribution in [1.29, 1.82) is 0 Å². The molecule has 0 spiro atoms. The van der Waals surface area contributed by atoms with Gasteiger partial charge in [-0.05, 0) is 42.7 Å². The first kappa shape index (κ1) is 23.0. The second-order valence-corrected chi connectivity index (χ2v) is 6.75. The van der Waals surface area contributed by atoms with Crippen molar-refractivity contribution in [1.82, 2.24) is 10.2 Å². The monoisotopic (exact) mass is 509 g/mol. The maximum absolute atomic E-state index is 11.7. The average molecular weight is 509 g/mol. The van der Waals surface area contributed by atoms with E-state index in [4.69, 9.17) is 9.47 Å². The van der Waals surface area contributed by atoms with Gasteiger partial charge in [-0.15, -0.1) is 24.0 Å². The van der Waals surface area contributed by atoms with E-state index in [1.807, 2.05) is 48.5 Å². The van der Waals surface area contributed by atoms with E-state index in [9.17, 15) is 4.79 Å². The maximum Gasteiger partial charge on any atom is 0.308 e. The minimum Gasteiger partial charge on any atom is -0.469 e. The zero-order valence-electron chi connectivity index (χ0n) is 16.8. The zero-order chi connectivity index (χ0) is 19.8. The second-order valence-electron chi connectivity index (χ2n) is 6.75. The van der Waals surface area contributed by atoms with Crippen molar-refractivity contribution in [3.63, 3.8) is 0 Å². The number of methoxy groups -OCH3 is 1. The highest BCUT2D eigenvalue weighted by atomic mass is 127. The molecular formula is C22H28IN3O3. The molecule has 1 heterocycles. The third-order valence-corrected chi connectivity index (χ3v) is 4.87. The maximum atomic E-state index is 11.7. The lowest BCUT2D eigenvalue weighted by molar-refractivity contribution is -0.146. The quantitative estimate of drug-likeness (QED) is 0.285. The molecular weight excluding hydrogens is 481 g/mol. The summed E-state index contributed by atoms with van der Waals surface area (Å²) in [6, 6.07) is 17.8. The zero-order valence-corrected chi connectivity index (χ0v) is 19.2. The van der Waals surface area contributed by atoms with E-state index in [1.165, 1.54) is 7.11 Å². The van der Waals surface area contributed by atoms with Crippen LogP contribution in [0.15, 0.2) is 59.6 Å².